The van der Waals surface area contributed by atoms with Gasteiger partial charge in [0.05, 0.1) is 11.6 Å². The molecule has 1 saturated carbocycles. The third-order valence-corrected chi connectivity index (χ3v) is 4.95. The van der Waals surface area contributed by atoms with Crippen molar-refractivity contribution in [3.63, 3.8) is 0 Å². The highest BCUT2D eigenvalue weighted by atomic mass is 35.5. The number of hydrogen-bond donors (Lipinski definition) is 0. The number of aromatic nitrogens is 2. The molecular formula is C17H16ClF2N3O2. The summed E-state index contributed by atoms with van der Waals surface area (Å²) >= 11 is 5.73. The first kappa shape index (κ1) is 16.4. The monoisotopic (exact) mass is 367 g/mol. The summed E-state index contributed by atoms with van der Waals surface area (Å²) in [6.07, 6.45) is 2.67. The van der Waals surface area contributed by atoms with E-state index in [0.29, 0.717) is 18.8 Å². The van der Waals surface area contributed by atoms with Crippen molar-refractivity contribution in [2.75, 3.05) is 13.1 Å². The van der Waals surface area contributed by atoms with Crippen LogP contribution in [0.25, 0.3) is 0 Å². The van der Waals surface area contributed by atoms with Crippen LogP contribution in [0, 0.1) is 5.82 Å². The molecule has 0 radical (unpaired) electrons. The molecule has 4 rings (SSSR count). The molecule has 0 bridgehead atoms. The van der Waals surface area contributed by atoms with Crippen LogP contribution in [0.5, 0.6) is 0 Å². The third kappa shape index (κ3) is 3.13. The number of amides is 1. The second-order valence-electron chi connectivity index (χ2n) is 6.66. The molecule has 132 valence electrons. The minimum Gasteiger partial charge on any atom is -0.336 e. The number of hydrogen-bond acceptors (Lipinski definition) is 4. The van der Waals surface area contributed by atoms with Gasteiger partial charge in [0.15, 0.2) is 5.82 Å². The van der Waals surface area contributed by atoms with Gasteiger partial charge in [0, 0.05) is 18.0 Å². The van der Waals surface area contributed by atoms with Gasteiger partial charge in [0.1, 0.15) is 5.82 Å². The van der Waals surface area contributed by atoms with Gasteiger partial charge in [-0.3, -0.25) is 4.79 Å². The van der Waals surface area contributed by atoms with Gasteiger partial charge in [-0.05, 0) is 43.9 Å². The van der Waals surface area contributed by atoms with Crippen LogP contribution in [0.4, 0.5) is 8.78 Å². The van der Waals surface area contributed by atoms with Crippen molar-refractivity contribution in [2.24, 2.45) is 0 Å². The average molecular weight is 368 g/mol. The lowest BCUT2D eigenvalue weighted by Gasteiger charge is -2.35. The lowest BCUT2D eigenvalue weighted by atomic mass is 9.94. The van der Waals surface area contributed by atoms with E-state index in [4.69, 9.17) is 16.1 Å². The maximum absolute atomic E-state index is 15.4. The molecular weight excluding hydrogens is 352 g/mol. The van der Waals surface area contributed by atoms with E-state index in [1.807, 2.05) is 0 Å². The van der Waals surface area contributed by atoms with Crippen LogP contribution in [0.15, 0.2) is 22.7 Å². The standard InChI is InChI=1S/C17H16ClF2N3O2/c18-12-8-11(4-5-13(12)19)15(24)23-7-1-6-17(20,9-23)16-21-14(22-25-16)10-2-3-10/h4-5,8,10H,1-3,6-7,9H2. The first-order valence-electron chi connectivity index (χ1n) is 8.23. The zero-order valence-electron chi connectivity index (χ0n) is 13.3. The smallest absolute Gasteiger partial charge is 0.266 e. The normalized spacial score (nSPS) is 23.7. The third-order valence-electron chi connectivity index (χ3n) is 4.66. The first-order chi connectivity index (χ1) is 12.0. The number of rotatable bonds is 3. The molecule has 1 aliphatic carbocycles. The summed E-state index contributed by atoms with van der Waals surface area (Å²) in [5.41, 5.74) is -1.64. The van der Waals surface area contributed by atoms with Crippen molar-refractivity contribution < 1.29 is 18.1 Å². The highest BCUT2D eigenvalue weighted by molar-refractivity contribution is 6.31. The van der Waals surface area contributed by atoms with E-state index in [-0.39, 0.29) is 35.4 Å². The van der Waals surface area contributed by atoms with Gasteiger partial charge < -0.3 is 9.42 Å². The number of nitrogens with zero attached hydrogens (tertiary/aromatic N) is 3. The SMILES string of the molecule is O=C(c1ccc(F)c(Cl)c1)N1CCCC(F)(c2nc(C3CC3)no2)C1. The van der Waals surface area contributed by atoms with Crippen molar-refractivity contribution >= 4 is 17.5 Å². The topological polar surface area (TPSA) is 59.2 Å². The first-order valence-corrected chi connectivity index (χ1v) is 8.61. The summed E-state index contributed by atoms with van der Waals surface area (Å²) in [7, 11) is 0. The second-order valence-corrected chi connectivity index (χ2v) is 7.06. The molecule has 25 heavy (non-hydrogen) atoms. The molecule has 0 spiro atoms. The number of alkyl halides is 1. The predicted molar refractivity (Wildman–Crippen MR) is 85.6 cm³/mol. The van der Waals surface area contributed by atoms with Crippen LogP contribution in [0.1, 0.15) is 53.7 Å². The molecule has 2 aromatic rings. The molecule has 2 fully saturated rings. The summed E-state index contributed by atoms with van der Waals surface area (Å²) in [5.74, 6) is -0.255. The van der Waals surface area contributed by atoms with Crippen LogP contribution in [-0.4, -0.2) is 34.0 Å². The zero-order chi connectivity index (χ0) is 17.6. The lowest BCUT2D eigenvalue weighted by Crippen LogP contribution is -2.46. The van der Waals surface area contributed by atoms with Crippen LogP contribution in [-0.2, 0) is 5.67 Å². The molecule has 5 nitrogen and oxygen atoms in total. The summed E-state index contributed by atoms with van der Waals surface area (Å²) in [4.78, 5) is 18.2. The van der Waals surface area contributed by atoms with Crippen molar-refractivity contribution in [3.8, 4) is 0 Å². The Bertz CT molecular complexity index is 824. The van der Waals surface area contributed by atoms with Crippen molar-refractivity contribution in [3.05, 3.63) is 46.3 Å². The van der Waals surface area contributed by atoms with Gasteiger partial charge >= 0.3 is 0 Å². The summed E-state index contributed by atoms with van der Waals surface area (Å²) in [6.45, 7) is 0.232. The van der Waals surface area contributed by atoms with E-state index >= 15 is 4.39 Å². The van der Waals surface area contributed by atoms with Crippen molar-refractivity contribution in [2.45, 2.75) is 37.3 Å². The Balaban J connectivity index is 1.54. The van der Waals surface area contributed by atoms with Crippen LogP contribution < -0.4 is 0 Å². The molecule has 2 aliphatic rings. The lowest BCUT2D eigenvalue weighted by molar-refractivity contribution is 0.0152. The Morgan fingerprint density at radius 3 is 2.92 bits per heavy atom. The van der Waals surface area contributed by atoms with Crippen LogP contribution in [0.2, 0.25) is 5.02 Å². The highest BCUT2D eigenvalue weighted by Crippen LogP contribution is 2.41. The second kappa shape index (κ2) is 6.05. The quantitative estimate of drug-likeness (QED) is 0.827. The number of halogens is 3. The molecule has 0 N–H and O–H groups in total. The highest BCUT2D eigenvalue weighted by Gasteiger charge is 2.44. The van der Waals surface area contributed by atoms with Gasteiger partial charge in [-0.1, -0.05) is 16.8 Å². The number of carbonyl (C=O) groups excluding carboxylic acids is 1. The molecule has 2 heterocycles. The molecule has 1 unspecified atom stereocenters. The Kier molecular flexibility index (Phi) is 3.98. The molecule has 1 saturated heterocycles. The molecule has 1 aromatic heterocycles. The van der Waals surface area contributed by atoms with E-state index < -0.39 is 17.4 Å². The Morgan fingerprint density at radius 2 is 2.20 bits per heavy atom. The minimum absolute atomic E-state index is 0.0657. The summed E-state index contributed by atoms with van der Waals surface area (Å²) in [5, 5.41) is 3.72. The molecule has 8 heteroatoms. The van der Waals surface area contributed by atoms with Crippen molar-refractivity contribution in [1.29, 1.82) is 0 Å². The van der Waals surface area contributed by atoms with E-state index in [0.717, 1.165) is 18.9 Å². The number of likely N-dealkylation sites (tertiary alicyclic amines) is 1. The van der Waals surface area contributed by atoms with Gasteiger partial charge in [-0.2, -0.15) is 4.98 Å². The van der Waals surface area contributed by atoms with Crippen LogP contribution >= 0.6 is 11.6 Å². The largest absolute Gasteiger partial charge is 0.336 e. The van der Waals surface area contributed by atoms with E-state index in [9.17, 15) is 9.18 Å². The van der Waals surface area contributed by atoms with Gasteiger partial charge in [-0.15, -0.1) is 0 Å². The number of carbonyl (C=O) groups is 1. The van der Waals surface area contributed by atoms with Gasteiger partial charge in [-0.25, -0.2) is 8.78 Å². The van der Waals surface area contributed by atoms with Gasteiger partial charge in [0.25, 0.3) is 11.8 Å². The predicted octanol–water partition coefficient (Wildman–Crippen LogP) is 3.84. The molecule has 1 aliphatic heterocycles. The minimum atomic E-state index is -1.86. The molecule has 1 amide bonds. The van der Waals surface area contributed by atoms with E-state index in [1.54, 1.807) is 0 Å². The van der Waals surface area contributed by atoms with E-state index in [1.165, 1.54) is 17.0 Å². The summed E-state index contributed by atoms with van der Waals surface area (Å²) < 4.78 is 33.8. The Morgan fingerprint density at radius 1 is 1.40 bits per heavy atom. The van der Waals surface area contributed by atoms with Crippen LogP contribution in [0.3, 0.4) is 0 Å². The Labute approximate surface area is 148 Å². The van der Waals surface area contributed by atoms with Gasteiger partial charge in [0.2, 0.25) is 5.67 Å². The zero-order valence-corrected chi connectivity index (χ0v) is 14.1. The average Bonchev–Trinajstić information content (AvgIpc) is 3.33. The van der Waals surface area contributed by atoms with Crippen molar-refractivity contribution in [1.82, 2.24) is 15.0 Å². The Hall–Kier alpha value is -2.02. The molecule has 1 atom stereocenters. The summed E-state index contributed by atoms with van der Waals surface area (Å²) in [6, 6.07) is 3.73. The number of benzene rings is 1. The fourth-order valence-corrected chi connectivity index (χ4v) is 3.28. The fourth-order valence-electron chi connectivity index (χ4n) is 3.09. The number of piperidine rings is 1. The van der Waals surface area contributed by atoms with E-state index in [2.05, 4.69) is 10.1 Å². The fraction of sp³-hybridized carbons (Fsp3) is 0.471. The maximum Gasteiger partial charge on any atom is 0.266 e. The maximum atomic E-state index is 15.4. The molecule has 1 aromatic carbocycles.